The first kappa shape index (κ1) is 18.8. The monoisotopic (exact) mass is 398 g/mol. The highest BCUT2D eigenvalue weighted by Crippen LogP contribution is 2.54. The van der Waals surface area contributed by atoms with E-state index in [-0.39, 0.29) is 24.8 Å². The lowest BCUT2D eigenvalue weighted by Gasteiger charge is -2.53. The topological polar surface area (TPSA) is 67.9 Å². The number of hydrogen-bond donors (Lipinski definition) is 1. The van der Waals surface area contributed by atoms with Crippen molar-refractivity contribution in [1.29, 1.82) is 0 Å². The summed E-state index contributed by atoms with van der Waals surface area (Å²) in [4.78, 5) is 26.5. The van der Waals surface area contributed by atoms with Gasteiger partial charge in [-0.3, -0.25) is 0 Å². The molecule has 4 aliphatic carbocycles. The molecule has 29 heavy (non-hydrogen) atoms. The van der Waals surface area contributed by atoms with Gasteiger partial charge in [0.1, 0.15) is 12.7 Å². The standard InChI is InChI=1S/C23H30N2O4/c26-22(28-14-15-4-2-1-3-5-15)24-20-6-7-25(13-20)23(27)29-21-18-9-16-8-17(11-18)12-19(21)10-16/h1-5,16-21H,6-14H2,(H,24,26)/t16?,17?,18?,19?,20-,21?/m1/s1. The number of benzene rings is 1. The van der Waals surface area contributed by atoms with E-state index in [4.69, 9.17) is 9.47 Å². The summed E-state index contributed by atoms with van der Waals surface area (Å²) in [6.45, 7) is 1.36. The highest BCUT2D eigenvalue weighted by molar-refractivity contribution is 5.70. The van der Waals surface area contributed by atoms with Crippen LogP contribution in [-0.4, -0.2) is 42.3 Å². The van der Waals surface area contributed by atoms with E-state index in [2.05, 4.69) is 5.32 Å². The Bertz CT molecular complexity index is 725. The second-order valence-electron chi connectivity index (χ2n) is 9.42. The molecule has 1 N–H and O–H groups in total. The summed E-state index contributed by atoms with van der Waals surface area (Å²) < 4.78 is 11.3. The molecule has 2 amide bonds. The van der Waals surface area contributed by atoms with Crippen LogP contribution >= 0.6 is 0 Å². The van der Waals surface area contributed by atoms with Gasteiger partial charge in [-0.05, 0) is 67.8 Å². The van der Waals surface area contributed by atoms with Gasteiger partial charge in [0.25, 0.3) is 0 Å². The van der Waals surface area contributed by atoms with E-state index in [1.54, 1.807) is 4.90 Å². The van der Waals surface area contributed by atoms with Gasteiger partial charge in [0, 0.05) is 13.1 Å². The van der Waals surface area contributed by atoms with Crippen molar-refractivity contribution in [2.24, 2.45) is 23.7 Å². The highest BCUT2D eigenvalue weighted by atomic mass is 16.6. The second-order valence-corrected chi connectivity index (χ2v) is 9.42. The summed E-state index contributed by atoms with van der Waals surface area (Å²) in [6.07, 6.45) is 6.55. The lowest BCUT2D eigenvalue weighted by Crippen LogP contribution is -2.51. The molecule has 6 nitrogen and oxygen atoms in total. The predicted molar refractivity (Wildman–Crippen MR) is 107 cm³/mol. The number of likely N-dealkylation sites (tertiary alicyclic amines) is 1. The van der Waals surface area contributed by atoms with Gasteiger partial charge in [-0.25, -0.2) is 9.59 Å². The fourth-order valence-corrected chi connectivity index (χ4v) is 6.23. The van der Waals surface area contributed by atoms with Gasteiger partial charge in [-0.1, -0.05) is 30.3 Å². The third-order valence-electron chi connectivity index (χ3n) is 7.36. The Morgan fingerprint density at radius 3 is 2.38 bits per heavy atom. The van der Waals surface area contributed by atoms with Crippen molar-refractivity contribution in [3.8, 4) is 0 Å². The summed E-state index contributed by atoms with van der Waals surface area (Å²) in [5.41, 5.74) is 0.954. The van der Waals surface area contributed by atoms with Crippen molar-refractivity contribution in [3.05, 3.63) is 35.9 Å². The molecular weight excluding hydrogens is 368 g/mol. The molecule has 0 radical (unpaired) electrons. The molecule has 156 valence electrons. The molecule has 0 spiro atoms. The van der Waals surface area contributed by atoms with Crippen LogP contribution in [0.15, 0.2) is 30.3 Å². The predicted octanol–water partition coefficient (Wildman–Crippen LogP) is 3.95. The Labute approximate surface area is 171 Å². The first-order valence-corrected chi connectivity index (χ1v) is 11.1. The lowest BCUT2D eigenvalue weighted by atomic mass is 9.55. The van der Waals surface area contributed by atoms with Crippen LogP contribution in [0.5, 0.6) is 0 Å². The molecule has 5 aliphatic rings. The molecule has 0 unspecified atom stereocenters. The number of carbonyl (C=O) groups is 2. The molecule has 1 saturated heterocycles. The SMILES string of the molecule is O=C(N[C@@H]1CCN(C(=O)OC2C3CC4CC(C3)CC2C4)C1)OCc1ccccc1. The third kappa shape index (κ3) is 4.07. The molecule has 1 heterocycles. The van der Waals surface area contributed by atoms with E-state index in [0.29, 0.717) is 24.9 Å². The molecule has 1 atom stereocenters. The van der Waals surface area contributed by atoms with E-state index in [0.717, 1.165) is 23.8 Å². The number of hydrogen-bond acceptors (Lipinski definition) is 4. The molecule has 1 aliphatic heterocycles. The Morgan fingerprint density at radius 1 is 1.00 bits per heavy atom. The van der Waals surface area contributed by atoms with Gasteiger partial charge in [-0.15, -0.1) is 0 Å². The number of rotatable bonds is 4. The Balaban J connectivity index is 1.08. The number of nitrogens with one attached hydrogen (secondary N) is 1. The van der Waals surface area contributed by atoms with E-state index in [1.165, 1.54) is 32.1 Å². The quantitative estimate of drug-likeness (QED) is 0.834. The van der Waals surface area contributed by atoms with Crippen LogP contribution in [0.25, 0.3) is 0 Å². The minimum absolute atomic E-state index is 0.0793. The number of nitrogens with zero attached hydrogens (tertiary/aromatic N) is 1. The maximum Gasteiger partial charge on any atom is 0.410 e. The van der Waals surface area contributed by atoms with Crippen molar-refractivity contribution in [2.75, 3.05) is 13.1 Å². The van der Waals surface area contributed by atoms with Gasteiger partial charge in [0.15, 0.2) is 0 Å². The van der Waals surface area contributed by atoms with E-state index in [1.807, 2.05) is 30.3 Å². The van der Waals surface area contributed by atoms with Crippen LogP contribution < -0.4 is 5.32 Å². The van der Waals surface area contributed by atoms with Crippen LogP contribution in [0, 0.1) is 23.7 Å². The lowest BCUT2D eigenvalue weighted by molar-refractivity contribution is -0.101. The number of ether oxygens (including phenoxy) is 2. The largest absolute Gasteiger partial charge is 0.446 e. The first-order valence-electron chi connectivity index (χ1n) is 11.1. The molecule has 4 bridgehead atoms. The Morgan fingerprint density at radius 2 is 1.69 bits per heavy atom. The van der Waals surface area contributed by atoms with E-state index < -0.39 is 6.09 Å². The van der Waals surface area contributed by atoms with Gasteiger partial charge >= 0.3 is 12.2 Å². The molecule has 1 aromatic carbocycles. The van der Waals surface area contributed by atoms with Gasteiger partial charge in [-0.2, -0.15) is 0 Å². The minimum atomic E-state index is -0.435. The number of carbonyl (C=O) groups excluding carboxylic acids is 2. The van der Waals surface area contributed by atoms with Crippen molar-refractivity contribution < 1.29 is 19.1 Å². The van der Waals surface area contributed by atoms with Crippen molar-refractivity contribution in [2.45, 2.75) is 57.3 Å². The second kappa shape index (κ2) is 7.88. The van der Waals surface area contributed by atoms with Crippen LogP contribution in [0.4, 0.5) is 9.59 Å². The van der Waals surface area contributed by atoms with Crippen LogP contribution in [0.2, 0.25) is 0 Å². The molecule has 0 aromatic heterocycles. The zero-order chi connectivity index (χ0) is 19.8. The highest BCUT2D eigenvalue weighted by Gasteiger charge is 2.50. The van der Waals surface area contributed by atoms with Crippen LogP contribution in [-0.2, 0) is 16.1 Å². The molecule has 4 saturated carbocycles. The summed E-state index contributed by atoms with van der Waals surface area (Å²) in [6, 6.07) is 9.53. The number of amides is 2. The number of alkyl carbamates (subject to hydrolysis) is 1. The van der Waals surface area contributed by atoms with Crippen molar-refractivity contribution >= 4 is 12.2 Å². The van der Waals surface area contributed by atoms with Crippen LogP contribution in [0.3, 0.4) is 0 Å². The van der Waals surface area contributed by atoms with Crippen molar-refractivity contribution in [1.82, 2.24) is 10.2 Å². The molecule has 1 aromatic rings. The summed E-state index contributed by atoms with van der Waals surface area (Å²) in [7, 11) is 0. The first-order chi connectivity index (χ1) is 14.1. The fraction of sp³-hybridized carbons (Fsp3) is 0.652. The average molecular weight is 399 g/mol. The smallest absolute Gasteiger partial charge is 0.410 e. The van der Waals surface area contributed by atoms with Gasteiger partial charge < -0.3 is 19.7 Å². The molecule has 5 fully saturated rings. The summed E-state index contributed by atoms with van der Waals surface area (Å²) in [5, 5.41) is 2.88. The van der Waals surface area contributed by atoms with Gasteiger partial charge in [0.2, 0.25) is 0 Å². The fourth-order valence-electron chi connectivity index (χ4n) is 6.23. The zero-order valence-corrected chi connectivity index (χ0v) is 16.8. The molecule has 6 rings (SSSR count). The summed E-state index contributed by atoms with van der Waals surface area (Å²) >= 11 is 0. The Hall–Kier alpha value is -2.24. The summed E-state index contributed by atoms with van der Waals surface area (Å²) in [5.74, 6) is 2.88. The van der Waals surface area contributed by atoms with E-state index in [9.17, 15) is 9.59 Å². The molecule has 6 heteroatoms. The maximum absolute atomic E-state index is 12.7. The van der Waals surface area contributed by atoms with E-state index >= 15 is 0 Å². The zero-order valence-electron chi connectivity index (χ0n) is 16.8. The van der Waals surface area contributed by atoms with Gasteiger partial charge in [0.05, 0.1) is 6.04 Å². The Kier molecular flexibility index (Phi) is 5.10. The maximum atomic E-state index is 12.7. The average Bonchev–Trinajstić information content (AvgIpc) is 3.18. The minimum Gasteiger partial charge on any atom is -0.446 e. The van der Waals surface area contributed by atoms with Crippen molar-refractivity contribution in [3.63, 3.8) is 0 Å². The normalized spacial score (nSPS) is 34.8. The molecular formula is C23H30N2O4. The van der Waals surface area contributed by atoms with Crippen LogP contribution in [0.1, 0.15) is 44.1 Å². The third-order valence-corrected chi connectivity index (χ3v) is 7.36.